The van der Waals surface area contributed by atoms with E-state index in [4.69, 9.17) is 22.1 Å². The quantitative estimate of drug-likeness (QED) is 0.898. The van der Waals surface area contributed by atoms with Crippen molar-refractivity contribution in [1.29, 1.82) is 0 Å². The number of benzene rings is 2. The van der Waals surface area contributed by atoms with Crippen molar-refractivity contribution in [2.45, 2.75) is 13.0 Å². The molecule has 0 radical (unpaired) electrons. The molecule has 2 aromatic carbocycles. The number of nitrogens with two attached hydrogens (primary N) is 1. The summed E-state index contributed by atoms with van der Waals surface area (Å²) in [6.07, 6.45) is 0. The third-order valence-corrected chi connectivity index (χ3v) is 2.84. The van der Waals surface area contributed by atoms with Gasteiger partial charge in [-0.1, -0.05) is 29.8 Å². The van der Waals surface area contributed by atoms with Gasteiger partial charge in [0.15, 0.2) is 0 Å². The number of hydrogen-bond donors (Lipinski definition) is 1. The maximum Gasteiger partial charge on any atom is 0.146 e. The van der Waals surface area contributed by atoms with Gasteiger partial charge in [-0.2, -0.15) is 0 Å². The lowest BCUT2D eigenvalue weighted by atomic mass is 10.1. The van der Waals surface area contributed by atoms with Crippen LogP contribution in [0.15, 0.2) is 42.5 Å². The first-order valence-electron chi connectivity index (χ1n) is 5.55. The van der Waals surface area contributed by atoms with Crippen LogP contribution in [-0.4, -0.2) is 0 Å². The van der Waals surface area contributed by atoms with Crippen LogP contribution in [0, 0.1) is 5.82 Å². The molecule has 0 aliphatic heterocycles. The second kappa shape index (κ2) is 5.38. The smallest absolute Gasteiger partial charge is 0.146 e. The maximum absolute atomic E-state index is 13.7. The van der Waals surface area contributed by atoms with E-state index in [1.54, 1.807) is 43.3 Å². The summed E-state index contributed by atoms with van der Waals surface area (Å²) in [4.78, 5) is 0. The summed E-state index contributed by atoms with van der Waals surface area (Å²) < 4.78 is 19.2. The van der Waals surface area contributed by atoms with Crippen LogP contribution in [0.1, 0.15) is 18.5 Å². The molecule has 2 aromatic rings. The fourth-order valence-electron chi connectivity index (χ4n) is 1.60. The molecule has 0 bridgehead atoms. The van der Waals surface area contributed by atoms with Crippen LogP contribution in [0.3, 0.4) is 0 Å². The Morgan fingerprint density at radius 2 is 1.94 bits per heavy atom. The van der Waals surface area contributed by atoms with Gasteiger partial charge in [0.25, 0.3) is 0 Å². The number of ether oxygens (including phenoxy) is 1. The van der Waals surface area contributed by atoms with Crippen LogP contribution >= 0.6 is 11.6 Å². The number of rotatable bonds is 3. The van der Waals surface area contributed by atoms with E-state index in [2.05, 4.69) is 0 Å². The van der Waals surface area contributed by atoms with Crippen LogP contribution in [-0.2, 0) is 0 Å². The molecule has 4 heteroatoms. The van der Waals surface area contributed by atoms with Crippen LogP contribution in [0.2, 0.25) is 5.02 Å². The molecule has 0 aliphatic rings. The van der Waals surface area contributed by atoms with E-state index < -0.39 is 0 Å². The van der Waals surface area contributed by atoms with E-state index in [0.29, 0.717) is 22.1 Å². The van der Waals surface area contributed by atoms with Crippen molar-refractivity contribution in [3.63, 3.8) is 0 Å². The first-order valence-corrected chi connectivity index (χ1v) is 5.93. The zero-order chi connectivity index (χ0) is 13.1. The van der Waals surface area contributed by atoms with E-state index in [-0.39, 0.29) is 11.9 Å². The summed E-state index contributed by atoms with van der Waals surface area (Å²) in [5, 5.41) is 0.481. The summed E-state index contributed by atoms with van der Waals surface area (Å²) in [5.74, 6) is 0.506. The molecule has 2 nitrogen and oxygen atoms in total. The summed E-state index contributed by atoms with van der Waals surface area (Å²) in [6.45, 7) is 1.73. The highest BCUT2D eigenvalue weighted by molar-refractivity contribution is 6.32. The Bertz CT molecular complexity index is 557. The van der Waals surface area contributed by atoms with Gasteiger partial charge in [0.1, 0.15) is 17.3 Å². The lowest BCUT2D eigenvalue weighted by Crippen LogP contribution is -2.07. The lowest BCUT2D eigenvalue weighted by Gasteiger charge is -2.10. The van der Waals surface area contributed by atoms with Gasteiger partial charge in [-0.25, -0.2) is 4.39 Å². The van der Waals surface area contributed by atoms with Crippen molar-refractivity contribution in [3.05, 3.63) is 58.9 Å². The Kier molecular flexibility index (Phi) is 3.84. The molecule has 1 unspecified atom stereocenters. The third kappa shape index (κ3) is 2.81. The molecule has 0 fully saturated rings. The average Bonchev–Trinajstić information content (AvgIpc) is 2.32. The van der Waals surface area contributed by atoms with Crippen molar-refractivity contribution >= 4 is 11.6 Å². The van der Waals surface area contributed by atoms with Crippen LogP contribution in [0.4, 0.5) is 4.39 Å². The Morgan fingerprint density at radius 3 is 2.56 bits per heavy atom. The Morgan fingerprint density at radius 1 is 1.22 bits per heavy atom. The summed E-state index contributed by atoms with van der Waals surface area (Å²) >= 11 is 5.96. The zero-order valence-corrected chi connectivity index (χ0v) is 10.6. The van der Waals surface area contributed by atoms with E-state index in [1.807, 2.05) is 0 Å². The van der Waals surface area contributed by atoms with Gasteiger partial charge in [0.05, 0.1) is 5.02 Å². The monoisotopic (exact) mass is 265 g/mol. The molecule has 0 amide bonds. The fourth-order valence-corrected chi connectivity index (χ4v) is 1.77. The van der Waals surface area contributed by atoms with Crippen molar-refractivity contribution < 1.29 is 9.13 Å². The minimum absolute atomic E-state index is 0.348. The molecular weight excluding hydrogens is 253 g/mol. The van der Waals surface area contributed by atoms with Crippen LogP contribution in [0.5, 0.6) is 11.5 Å². The molecule has 0 heterocycles. The predicted molar refractivity (Wildman–Crippen MR) is 70.5 cm³/mol. The van der Waals surface area contributed by atoms with Gasteiger partial charge in [0, 0.05) is 17.7 Å². The molecule has 0 saturated carbocycles. The van der Waals surface area contributed by atoms with Gasteiger partial charge in [-0.05, 0) is 25.1 Å². The van der Waals surface area contributed by atoms with Crippen molar-refractivity contribution in [2.24, 2.45) is 5.73 Å². The molecule has 0 aromatic heterocycles. The predicted octanol–water partition coefficient (Wildman–Crippen LogP) is 4.29. The van der Waals surface area contributed by atoms with E-state index in [9.17, 15) is 4.39 Å². The second-order valence-electron chi connectivity index (χ2n) is 4.00. The first kappa shape index (κ1) is 12.9. The highest BCUT2D eigenvalue weighted by Crippen LogP contribution is 2.30. The summed E-state index contributed by atoms with van der Waals surface area (Å²) in [7, 11) is 0. The molecule has 94 valence electrons. The summed E-state index contributed by atoms with van der Waals surface area (Å²) in [5.41, 5.74) is 6.10. The maximum atomic E-state index is 13.7. The van der Waals surface area contributed by atoms with Gasteiger partial charge < -0.3 is 10.5 Å². The van der Waals surface area contributed by atoms with Crippen molar-refractivity contribution in [1.82, 2.24) is 0 Å². The molecule has 0 saturated heterocycles. The highest BCUT2D eigenvalue weighted by atomic mass is 35.5. The standard InChI is InChI=1S/C14H13ClFNO/c1-9(17)11-7-6-10(8-13(11)16)18-14-5-3-2-4-12(14)15/h2-9H,17H2,1H3. The summed E-state index contributed by atoms with van der Waals surface area (Å²) in [6, 6.07) is 11.3. The molecule has 0 spiro atoms. The zero-order valence-electron chi connectivity index (χ0n) is 9.86. The lowest BCUT2D eigenvalue weighted by molar-refractivity contribution is 0.475. The molecule has 18 heavy (non-hydrogen) atoms. The van der Waals surface area contributed by atoms with Gasteiger partial charge >= 0.3 is 0 Å². The number of hydrogen-bond acceptors (Lipinski definition) is 2. The van der Waals surface area contributed by atoms with Gasteiger partial charge in [0.2, 0.25) is 0 Å². The Labute approximate surface area is 110 Å². The van der Waals surface area contributed by atoms with Crippen molar-refractivity contribution in [3.8, 4) is 11.5 Å². The SMILES string of the molecule is CC(N)c1ccc(Oc2ccccc2Cl)cc1F. The second-order valence-corrected chi connectivity index (χ2v) is 4.41. The normalized spacial score (nSPS) is 12.2. The Balaban J connectivity index is 2.26. The minimum Gasteiger partial charge on any atom is -0.456 e. The van der Waals surface area contributed by atoms with E-state index in [0.717, 1.165) is 0 Å². The number of para-hydroxylation sites is 1. The molecule has 0 aliphatic carbocycles. The minimum atomic E-state index is -0.380. The first-order chi connectivity index (χ1) is 8.58. The van der Waals surface area contributed by atoms with Gasteiger partial charge in [-0.3, -0.25) is 0 Å². The third-order valence-electron chi connectivity index (χ3n) is 2.53. The fraction of sp³-hybridized carbons (Fsp3) is 0.143. The van der Waals surface area contributed by atoms with Crippen LogP contribution < -0.4 is 10.5 Å². The average molecular weight is 266 g/mol. The largest absolute Gasteiger partial charge is 0.456 e. The molecule has 1 atom stereocenters. The van der Waals surface area contributed by atoms with Crippen molar-refractivity contribution in [2.75, 3.05) is 0 Å². The molecule has 2 rings (SSSR count). The highest BCUT2D eigenvalue weighted by Gasteiger charge is 2.09. The van der Waals surface area contributed by atoms with E-state index in [1.165, 1.54) is 6.07 Å². The van der Waals surface area contributed by atoms with Crippen LogP contribution in [0.25, 0.3) is 0 Å². The van der Waals surface area contributed by atoms with E-state index >= 15 is 0 Å². The Hall–Kier alpha value is -1.58. The molecule has 2 N–H and O–H groups in total. The molecular formula is C14H13ClFNO. The topological polar surface area (TPSA) is 35.2 Å². The number of halogens is 2. The van der Waals surface area contributed by atoms with Gasteiger partial charge in [-0.15, -0.1) is 0 Å².